The first-order valence-corrected chi connectivity index (χ1v) is 10.0. The molecule has 0 aliphatic carbocycles. The third-order valence-electron chi connectivity index (χ3n) is 6.04. The monoisotopic (exact) mass is 396 g/mol. The van der Waals surface area contributed by atoms with Gasteiger partial charge in [-0.25, -0.2) is 4.39 Å². The summed E-state index contributed by atoms with van der Waals surface area (Å²) >= 11 is 0. The van der Waals surface area contributed by atoms with Gasteiger partial charge in [0.2, 0.25) is 5.91 Å². The number of likely N-dealkylation sites (tertiary alicyclic amines) is 1. The molecule has 2 heterocycles. The lowest BCUT2D eigenvalue weighted by atomic mass is 9.85. The summed E-state index contributed by atoms with van der Waals surface area (Å²) in [4.78, 5) is 29.1. The number of nitrogens with zero attached hydrogens (tertiary/aromatic N) is 2. The van der Waals surface area contributed by atoms with Crippen molar-refractivity contribution in [1.29, 1.82) is 0 Å². The number of carbonyl (C=O) groups excluding carboxylic acids is 2. The van der Waals surface area contributed by atoms with Crippen molar-refractivity contribution in [3.63, 3.8) is 0 Å². The minimum Gasteiger partial charge on any atom is -0.363 e. The Morgan fingerprint density at radius 1 is 1.17 bits per heavy atom. The topological polar surface area (TPSA) is 49.9 Å². The van der Waals surface area contributed by atoms with E-state index >= 15 is 0 Å². The van der Waals surface area contributed by atoms with Crippen LogP contribution in [-0.4, -0.2) is 48.1 Å². The van der Waals surface area contributed by atoms with E-state index in [1.54, 1.807) is 28.0 Å². The second-order valence-electron chi connectivity index (χ2n) is 7.90. The summed E-state index contributed by atoms with van der Waals surface area (Å²) in [5.74, 6) is -0.409. The first-order chi connectivity index (χ1) is 14.0. The third kappa shape index (κ3) is 3.90. The van der Waals surface area contributed by atoms with Gasteiger partial charge in [-0.05, 0) is 43.5 Å². The van der Waals surface area contributed by atoms with E-state index in [9.17, 15) is 14.0 Å². The van der Waals surface area contributed by atoms with Crippen molar-refractivity contribution in [2.24, 2.45) is 0 Å². The van der Waals surface area contributed by atoms with Crippen LogP contribution in [0.2, 0.25) is 0 Å². The second kappa shape index (κ2) is 7.95. The largest absolute Gasteiger partial charge is 0.363 e. The van der Waals surface area contributed by atoms with Crippen LogP contribution < -0.4 is 4.90 Å². The lowest BCUT2D eigenvalue weighted by molar-refractivity contribution is -0.156. The van der Waals surface area contributed by atoms with Crippen LogP contribution in [0.15, 0.2) is 54.6 Å². The first-order valence-electron chi connectivity index (χ1n) is 10.0. The third-order valence-corrected chi connectivity index (χ3v) is 6.04. The number of aryl methyl sites for hydroxylation is 1. The van der Waals surface area contributed by atoms with Crippen molar-refractivity contribution >= 4 is 17.5 Å². The van der Waals surface area contributed by atoms with Gasteiger partial charge in [0.1, 0.15) is 12.4 Å². The van der Waals surface area contributed by atoms with E-state index in [0.29, 0.717) is 31.5 Å². The second-order valence-corrected chi connectivity index (χ2v) is 7.90. The smallest absolute Gasteiger partial charge is 0.253 e. The fourth-order valence-electron chi connectivity index (χ4n) is 4.25. The van der Waals surface area contributed by atoms with E-state index in [-0.39, 0.29) is 36.7 Å². The van der Waals surface area contributed by atoms with E-state index in [2.05, 4.69) is 0 Å². The number of fused-ring (bicyclic) bond motifs is 1. The SMILES string of the molecule is C[C@@]12CCN(C(=O)CCc3ccccc3F)C[C@H]1N(c1ccccc1)C(=O)CO2. The zero-order valence-corrected chi connectivity index (χ0v) is 16.5. The quantitative estimate of drug-likeness (QED) is 0.798. The summed E-state index contributed by atoms with van der Waals surface area (Å²) < 4.78 is 19.8. The van der Waals surface area contributed by atoms with Gasteiger partial charge in [0.15, 0.2) is 0 Å². The van der Waals surface area contributed by atoms with Gasteiger partial charge in [0.05, 0.1) is 11.6 Å². The molecule has 4 rings (SSSR count). The van der Waals surface area contributed by atoms with Crippen molar-refractivity contribution in [1.82, 2.24) is 4.90 Å². The molecule has 0 bridgehead atoms. The Morgan fingerprint density at radius 3 is 2.66 bits per heavy atom. The van der Waals surface area contributed by atoms with E-state index in [0.717, 1.165) is 5.69 Å². The molecule has 2 aliphatic heterocycles. The standard InChI is InChI=1S/C23H25FN2O3/c1-23-13-14-25(21(27)12-11-17-7-5-6-10-19(17)24)15-20(23)26(22(28)16-29-23)18-8-3-2-4-9-18/h2-10,20H,11-16H2,1H3/t20-,23-/m1/s1. The molecule has 2 aromatic carbocycles. The van der Waals surface area contributed by atoms with Crippen molar-refractivity contribution in [2.75, 3.05) is 24.6 Å². The molecule has 0 saturated carbocycles. The maximum atomic E-state index is 13.9. The Balaban J connectivity index is 1.50. The molecular weight excluding hydrogens is 371 g/mol. The van der Waals surface area contributed by atoms with Crippen LogP contribution >= 0.6 is 0 Å². The number of rotatable bonds is 4. The van der Waals surface area contributed by atoms with E-state index in [1.165, 1.54) is 6.07 Å². The molecule has 0 unspecified atom stereocenters. The molecule has 6 heteroatoms. The van der Waals surface area contributed by atoms with Crippen LogP contribution in [0.25, 0.3) is 0 Å². The van der Waals surface area contributed by atoms with Gasteiger partial charge in [-0.3, -0.25) is 9.59 Å². The summed E-state index contributed by atoms with van der Waals surface area (Å²) in [5, 5.41) is 0. The number of para-hydroxylation sites is 1. The van der Waals surface area contributed by atoms with E-state index in [4.69, 9.17) is 4.74 Å². The Kier molecular flexibility index (Phi) is 5.37. The van der Waals surface area contributed by atoms with Gasteiger partial charge >= 0.3 is 0 Å². The Labute approximate surface area is 170 Å². The normalized spacial score (nSPS) is 24.3. The summed E-state index contributed by atoms with van der Waals surface area (Å²) in [6.45, 7) is 3.04. The molecule has 2 atom stereocenters. The molecule has 0 radical (unpaired) electrons. The highest BCUT2D eigenvalue weighted by atomic mass is 19.1. The van der Waals surface area contributed by atoms with Crippen LogP contribution in [0, 0.1) is 5.82 Å². The number of morpholine rings is 1. The Morgan fingerprint density at radius 2 is 1.90 bits per heavy atom. The van der Waals surface area contributed by atoms with Crippen LogP contribution in [-0.2, 0) is 20.7 Å². The maximum Gasteiger partial charge on any atom is 0.253 e. The molecule has 29 heavy (non-hydrogen) atoms. The lowest BCUT2D eigenvalue weighted by Crippen LogP contribution is -2.68. The van der Waals surface area contributed by atoms with Crippen molar-refractivity contribution in [3.05, 3.63) is 66.0 Å². The van der Waals surface area contributed by atoms with Crippen molar-refractivity contribution in [3.8, 4) is 0 Å². The van der Waals surface area contributed by atoms with Crippen molar-refractivity contribution < 1.29 is 18.7 Å². The minimum absolute atomic E-state index is 0.0265. The summed E-state index contributed by atoms with van der Waals surface area (Å²) in [5.41, 5.74) is 0.869. The summed E-state index contributed by atoms with van der Waals surface area (Å²) in [6.07, 6.45) is 1.26. The highest BCUT2D eigenvalue weighted by molar-refractivity contribution is 5.96. The van der Waals surface area contributed by atoms with Gasteiger partial charge < -0.3 is 14.5 Å². The Bertz CT molecular complexity index is 904. The van der Waals surface area contributed by atoms with Crippen LogP contribution in [0.1, 0.15) is 25.3 Å². The molecular formula is C23H25FN2O3. The molecule has 2 aliphatic rings. The van der Waals surface area contributed by atoms with Gasteiger partial charge in [-0.15, -0.1) is 0 Å². The Hall–Kier alpha value is -2.73. The van der Waals surface area contributed by atoms with E-state index in [1.807, 2.05) is 37.3 Å². The molecule has 152 valence electrons. The van der Waals surface area contributed by atoms with Gasteiger partial charge in [-0.2, -0.15) is 0 Å². The van der Waals surface area contributed by atoms with Gasteiger partial charge in [-0.1, -0.05) is 36.4 Å². The molecule has 0 aromatic heterocycles. The number of halogens is 1. The highest BCUT2D eigenvalue weighted by Gasteiger charge is 2.49. The fraction of sp³-hybridized carbons (Fsp3) is 0.391. The molecule has 2 aromatic rings. The van der Waals surface area contributed by atoms with Crippen molar-refractivity contribution in [2.45, 2.75) is 37.8 Å². The maximum absolute atomic E-state index is 13.9. The highest BCUT2D eigenvalue weighted by Crippen LogP contribution is 2.36. The number of hydrogen-bond acceptors (Lipinski definition) is 3. The average Bonchev–Trinajstić information content (AvgIpc) is 2.73. The van der Waals surface area contributed by atoms with Gasteiger partial charge in [0, 0.05) is 25.2 Å². The number of carbonyl (C=O) groups is 2. The number of benzene rings is 2. The first kappa shape index (κ1) is 19.6. The fourth-order valence-corrected chi connectivity index (χ4v) is 4.25. The lowest BCUT2D eigenvalue weighted by Gasteiger charge is -2.52. The van der Waals surface area contributed by atoms with Gasteiger partial charge in [0.25, 0.3) is 5.91 Å². The molecule has 2 fully saturated rings. The van der Waals surface area contributed by atoms with Crippen LogP contribution in [0.5, 0.6) is 0 Å². The molecule has 0 N–H and O–H groups in total. The molecule has 2 amide bonds. The summed E-state index contributed by atoms with van der Waals surface area (Å²) in [7, 11) is 0. The van der Waals surface area contributed by atoms with E-state index < -0.39 is 5.60 Å². The summed E-state index contributed by atoms with van der Waals surface area (Å²) in [6, 6.07) is 15.8. The number of ether oxygens (including phenoxy) is 1. The van der Waals surface area contributed by atoms with Crippen LogP contribution in [0.4, 0.5) is 10.1 Å². The molecule has 2 saturated heterocycles. The predicted molar refractivity (Wildman–Crippen MR) is 108 cm³/mol. The number of piperidine rings is 1. The predicted octanol–water partition coefficient (Wildman–Crippen LogP) is 3.18. The number of anilines is 1. The number of hydrogen-bond donors (Lipinski definition) is 0. The number of amides is 2. The van der Waals surface area contributed by atoms with Crippen LogP contribution in [0.3, 0.4) is 0 Å². The molecule has 0 spiro atoms. The average molecular weight is 396 g/mol. The molecule has 5 nitrogen and oxygen atoms in total. The zero-order valence-electron chi connectivity index (χ0n) is 16.5. The minimum atomic E-state index is -0.494. The zero-order chi connectivity index (χ0) is 20.4.